The van der Waals surface area contributed by atoms with Gasteiger partial charge >= 0.3 is 0 Å². The number of hydrogen-bond donors (Lipinski definition) is 1. The van der Waals surface area contributed by atoms with Gasteiger partial charge in [-0.05, 0) is 36.8 Å². The Kier molecular flexibility index (Phi) is 5.53. The predicted molar refractivity (Wildman–Crippen MR) is 86.4 cm³/mol. The van der Waals surface area contributed by atoms with Crippen molar-refractivity contribution in [2.75, 3.05) is 20.0 Å². The van der Waals surface area contributed by atoms with Crippen molar-refractivity contribution >= 4 is 11.8 Å². The number of benzene rings is 2. The monoisotopic (exact) mass is 304 g/mol. The van der Waals surface area contributed by atoms with Gasteiger partial charge in [0.15, 0.2) is 0 Å². The molecule has 21 heavy (non-hydrogen) atoms. The summed E-state index contributed by atoms with van der Waals surface area (Å²) in [4.78, 5) is 1.16. The summed E-state index contributed by atoms with van der Waals surface area (Å²) >= 11 is 1.63. The lowest BCUT2D eigenvalue weighted by atomic mass is 10.1. The number of aliphatic hydroxyl groups is 1. The van der Waals surface area contributed by atoms with E-state index in [4.69, 9.17) is 9.47 Å². The number of hydrogen-bond acceptors (Lipinski definition) is 4. The number of thioether (sulfide) groups is 1. The number of ether oxygens (including phenoxy) is 2. The molecule has 0 bridgehead atoms. The SMILES string of the molecule is COc1cc(OC)cc(C(O)CSc2cccc(C)c2)c1. The molecule has 2 aromatic carbocycles. The van der Waals surface area contributed by atoms with E-state index in [0.29, 0.717) is 17.3 Å². The van der Waals surface area contributed by atoms with Crippen molar-refractivity contribution in [1.29, 1.82) is 0 Å². The van der Waals surface area contributed by atoms with Crippen molar-refractivity contribution in [3.05, 3.63) is 53.6 Å². The van der Waals surface area contributed by atoms with E-state index in [-0.39, 0.29) is 0 Å². The van der Waals surface area contributed by atoms with Crippen LogP contribution in [0.2, 0.25) is 0 Å². The Morgan fingerprint density at radius 2 is 1.71 bits per heavy atom. The van der Waals surface area contributed by atoms with Crippen LogP contribution in [0.1, 0.15) is 17.2 Å². The quantitative estimate of drug-likeness (QED) is 0.823. The molecule has 3 nitrogen and oxygen atoms in total. The third-order valence-electron chi connectivity index (χ3n) is 3.16. The maximum atomic E-state index is 10.4. The zero-order valence-corrected chi connectivity index (χ0v) is 13.3. The predicted octanol–water partition coefficient (Wildman–Crippen LogP) is 3.84. The summed E-state index contributed by atoms with van der Waals surface area (Å²) in [7, 11) is 3.21. The second-order valence-corrected chi connectivity index (χ2v) is 5.88. The lowest BCUT2D eigenvalue weighted by molar-refractivity contribution is 0.203. The van der Waals surface area contributed by atoms with Gasteiger partial charge in [-0.2, -0.15) is 0 Å². The highest BCUT2D eigenvalue weighted by Gasteiger charge is 2.11. The molecule has 0 heterocycles. The maximum absolute atomic E-state index is 10.4. The molecule has 4 heteroatoms. The van der Waals surface area contributed by atoms with Crippen LogP contribution in [0.5, 0.6) is 11.5 Å². The Balaban J connectivity index is 2.07. The largest absolute Gasteiger partial charge is 0.497 e. The fraction of sp³-hybridized carbons (Fsp3) is 0.294. The van der Waals surface area contributed by atoms with Crippen molar-refractivity contribution in [3.8, 4) is 11.5 Å². The van der Waals surface area contributed by atoms with Crippen LogP contribution in [0.25, 0.3) is 0 Å². The van der Waals surface area contributed by atoms with E-state index in [1.54, 1.807) is 32.0 Å². The van der Waals surface area contributed by atoms with Crippen molar-refractivity contribution in [2.45, 2.75) is 17.9 Å². The van der Waals surface area contributed by atoms with Crippen molar-refractivity contribution in [1.82, 2.24) is 0 Å². The van der Waals surface area contributed by atoms with Crippen molar-refractivity contribution in [2.24, 2.45) is 0 Å². The Bertz CT molecular complexity index is 576. The first-order valence-electron chi connectivity index (χ1n) is 6.73. The molecule has 0 spiro atoms. The number of methoxy groups -OCH3 is 2. The van der Waals surface area contributed by atoms with Gasteiger partial charge in [0.25, 0.3) is 0 Å². The summed E-state index contributed by atoms with van der Waals surface area (Å²) in [5.74, 6) is 1.95. The maximum Gasteiger partial charge on any atom is 0.122 e. The standard InChI is InChI=1S/C17H20O3S/c1-12-5-4-6-16(7-12)21-11-17(18)13-8-14(19-2)10-15(9-13)20-3/h4-10,17-18H,11H2,1-3H3. The molecule has 0 saturated heterocycles. The zero-order chi connectivity index (χ0) is 15.2. The minimum Gasteiger partial charge on any atom is -0.497 e. The number of aliphatic hydroxyl groups excluding tert-OH is 1. The average molecular weight is 304 g/mol. The van der Waals surface area contributed by atoms with Gasteiger partial charge in [-0.1, -0.05) is 17.7 Å². The second-order valence-electron chi connectivity index (χ2n) is 4.79. The van der Waals surface area contributed by atoms with Gasteiger partial charge in [0.1, 0.15) is 11.5 Å². The van der Waals surface area contributed by atoms with Gasteiger partial charge in [-0.3, -0.25) is 0 Å². The third kappa shape index (κ3) is 4.41. The molecule has 0 saturated carbocycles. The van der Waals surface area contributed by atoms with Gasteiger partial charge in [0.2, 0.25) is 0 Å². The first-order valence-corrected chi connectivity index (χ1v) is 7.71. The van der Waals surface area contributed by atoms with Gasteiger partial charge in [0.05, 0.1) is 20.3 Å². The topological polar surface area (TPSA) is 38.7 Å². The molecular weight excluding hydrogens is 284 g/mol. The summed E-state index contributed by atoms with van der Waals surface area (Å²) in [6, 6.07) is 13.7. The van der Waals surface area contributed by atoms with Gasteiger partial charge in [0, 0.05) is 16.7 Å². The highest BCUT2D eigenvalue weighted by molar-refractivity contribution is 7.99. The molecule has 0 radical (unpaired) electrons. The van der Waals surface area contributed by atoms with Crippen LogP contribution >= 0.6 is 11.8 Å². The molecule has 2 aromatic rings. The molecule has 0 aliphatic heterocycles. The van der Waals surface area contributed by atoms with Gasteiger partial charge in [-0.15, -0.1) is 11.8 Å². The third-order valence-corrected chi connectivity index (χ3v) is 4.23. The molecule has 0 aromatic heterocycles. The van der Waals surface area contributed by atoms with Gasteiger partial charge in [-0.25, -0.2) is 0 Å². The smallest absolute Gasteiger partial charge is 0.122 e. The molecule has 0 aliphatic carbocycles. The summed E-state index contributed by atoms with van der Waals surface area (Å²) in [6.45, 7) is 2.06. The van der Waals surface area contributed by atoms with Crippen LogP contribution in [0.4, 0.5) is 0 Å². The Morgan fingerprint density at radius 1 is 1.05 bits per heavy atom. The molecule has 0 aliphatic rings. The summed E-state index contributed by atoms with van der Waals surface area (Å²) in [6.07, 6.45) is -0.570. The highest BCUT2D eigenvalue weighted by Crippen LogP contribution is 2.30. The lowest BCUT2D eigenvalue weighted by Gasteiger charge is -2.14. The molecule has 1 N–H and O–H groups in total. The summed E-state index contributed by atoms with van der Waals surface area (Å²) in [5.41, 5.74) is 2.02. The van der Waals surface area contributed by atoms with Crippen LogP contribution in [0.15, 0.2) is 47.4 Å². The van der Waals surface area contributed by atoms with E-state index in [1.807, 2.05) is 18.2 Å². The van der Waals surface area contributed by atoms with E-state index in [0.717, 1.165) is 10.5 Å². The van der Waals surface area contributed by atoms with Crippen LogP contribution < -0.4 is 9.47 Å². The van der Waals surface area contributed by atoms with E-state index in [1.165, 1.54) is 5.56 Å². The van der Waals surface area contributed by atoms with E-state index in [9.17, 15) is 5.11 Å². The average Bonchev–Trinajstić information content (AvgIpc) is 2.52. The molecule has 1 unspecified atom stereocenters. The van der Waals surface area contributed by atoms with Crippen molar-refractivity contribution < 1.29 is 14.6 Å². The van der Waals surface area contributed by atoms with E-state index < -0.39 is 6.10 Å². The Hall–Kier alpha value is -1.65. The Morgan fingerprint density at radius 3 is 2.29 bits per heavy atom. The molecular formula is C17H20O3S. The first-order chi connectivity index (χ1) is 10.1. The minimum absolute atomic E-state index is 0.570. The van der Waals surface area contributed by atoms with Crippen LogP contribution in [-0.4, -0.2) is 25.1 Å². The zero-order valence-electron chi connectivity index (χ0n) is 12.5. The Labute approximate surface area is 129 Å². The molecule has 1 atom stereocenters. The fourth-order valence-electron chi connectivity index (χ4n) is 2.00. The number of aryl methyl sites for hydroxylation is 1. The summed E-state index contributed by atoms with van der Waals surface area (Å²) < 4.78 is 10.5. The van der Waals surface area contributed by atoms with Crippen LogP contribution in [0.3, 0.4) is 0 Å². The first kappa shape index (κ1) is 15.7. The second kappa shape index (κ2) is 7.38. The van der Waals surface area contributed by atoms with E-state index >= 15 is 0 Å². The highest BCUT2D eigenvalue weighted by atomic mass is 32.2. The molecule has 0 amide bonds. The number of rotatable bonds is 6. The van der Waals surface area contributed by atoms with Crippen molar-refractivity contribution in [3.63, 3.8) is 0 Å². The van der Waals surface area contributed by atoms with Crippen LogP contribution in [0, 0.1) is 6.92 Å². The normalized spacial score (nSPS) is 12.0. The fourth-order valence-corrected chi connectivity index (χ4v) is 2.99. The molecule has 112 valence electrons. The van der Waals surface area contributed by atoms with E-state index in [2.05, 4.69) is 25.1 Å². The lowest BCUT2D eigenvalue weighted by Crippen LogP contribution is -2.02. The van der Waals surface area contributed by atoms with Crippen LogP contribution in [-0.2, 0) is 0 Å². The summed E-state index contributed by atoms with van der Waals surface area (Å²) in [5, 5.41) is 10.4. The molecule has 0 fully saturated rings. The van der Waals surface area contributed by atoms with Gasteiger partial charge < -0.3 is 14.6 Å². The minimum atomic E-state index is -0.570. The molecule has 2 rings (SSSR count).